The maximum atomic E-state index is 13.8. The molecule has 0 aliphatic heterocycles. The van der Waals surface area contributed by atoms with E-state index in [-0.39, 0.29) is 17.8 Å². The Hall–Kier alpha value is -1.78. The Labute approximate surface area is 138 Å². The zero-order chi connectivity index (χ0) is 16.8. The van der Waals surface area contributed by atoms with Gasteiger partial charge in [0, 0.05) is 19.1 Å². The fourth-order valence-corrected chi connectivity index (χ4v) is 3.14. The topological polar surface area (TPSA) is 41.6 Å². The largest absolute Gasteiger partial charge is 0.494 e. The van der Waals surface area contributed by atoms with E-state index in [1.165, 1.54) is 32.4 Å². The minimum absolute atomic E-state index is 0.0672. The number of benzene rings is 1. The molecule has 0 radical (unpaired) electrons. The van der Waals surface area contributed by atoms with E-state index in [1.54, 1.807) is 17.0 Å². The van der Waals surface area contributed by atoms with Gasteiger partial charge >= 0.3 is 6.03 Å². The number of carbonyl (C=O) groups is 1. The van der Waals surface area contributed by atoms with Gasteiger partial charge < -0.3 is 15.0 Å². The normalized spacial score (nSPS) is 20.9. The molecule has 2 atom stereocenters. The lowest BCUT2D eigenvalue weighted by atomic mass is 9.86. The van der Waals surface area contributed by atoms with E-state index >= 15 is 0 Å². The standard InChI is InChI=1S/C18H27FN2O2/c1-4-21(12-14-9-10-17(23-3)15(19)11-14)18(22)20-16-8-6-5-7-13(16)2/h9-11,13,16H,4-8,12H2,1-3H3,(H,20,22)/t13-,16-/m1/s1. The Bertz CT molecular complexity index is 536. The first-order valence-electron chi connectivity index (χ1n) is 8.43. The number of nitrogens with zero attached hydrogens (tertiary/aromatic N) is 1. The van der Waals surface area contributed by atoms with Gasteiger partial charge in [-0.3, -0.25) is 0 Å². The summed E-state index contributed by atoms with van der Waals surface area (Å²) >= 11 is 0. The molecule has 1 fully saturated rings. The molecule has 2 rings (SSSR count). The predicted octanol–water partition coefficient (Wildman–Crippen LogP) is 3.94. The quantitative estimate of drug-likeness (QED) is 0.892. The van der Waals surface area contributed by atoms with E-state index in [0.717, 1.165) is 12.0 Å². The summed E-state index contributed by atoms with van der Waals surface area (Å²) in [7, 11) is 1.44. The highest BCUT2D eigenvalue weighted by Gasteiger charge is 2.24. The zero-order valence-electron chi connectivity index (χ0n) is 14.3. The number of methoxy groups -OCH3 is 1. The van der Waals surface area contributed by atoms with Gasteiger partial charge in [0.1, 0.15) is 0 Å². The van der Waals surface area contributed by atoms with E-state index in [1.807, 2.05) is 6.92 Å². The highest BCUT2D eigenvalue weighted by Crippen LogP contribution is 2.24. The Morgan fingerprint density at radius 1 is 1.39 bits per heavy atom. The average Bonchev–Trinajstić information content (AvgIpc) is 2.54. The Kier molecular flexibility index (Phi) is 6.25. The van der Waals surface area contributed by atoms with E-state index in [2.05, 4.69) is 12.2 Å². The minimum Gasteiger partial charge on any atom is -0.494 e. The first-order chi connectivity index (χ1) is 11.0. The number of ether oxygens (including phenoxy) is 1. The van der Waals surface area contributed by atoms with Gasteiger partial charge in [-0.1, -0.05) is 25.8 Å². The number of amides is 2. The van der Waals surface area contributed by atoms with Gasteiger partial charge in [-0.25, -0.2) is 9.18 Å². The van der Waals surface area contributed by atoms with Crippen molar-refractivity contribution in [3.8, 4) is 5.75 Å². The molecule has 5 heteroatoms. The fourth-order valence-electron chi connectivity index (χ4n) is 3.14. The molecule has 23 heavy (non-hydrogen) atoms. The molecule has 4 nitrogen and oxygen atoms in total. The smallest absolute Gasteiger partial charge is 0.317 e. The molecule has 0 spiro atoms. The lowest BCUT2D eigenvalue weighted by Crippen LogP contribution is -2.47. The molecular weight excluding hydrogens is 295 g/mol. The van der Waals surface area contributed by atoms with Gasteiger partial charge in [0.25, 0.3) is 0 Å². The number of hydrogen-bond acceptors (Lipinski definition) is 2. The molecule has 0 heterocycles. The third-order valence-corrected chi connectivity index (χ3v) is 4.68. The van der Waals surface area contributed by atoms with Crippen LogP contribution in [0.25, 0.3) is 0 Å². The summed E-state index contributed by atoms with van der Waals surface area (Å²) in [4.78, 5) is 14.2. The van der Waals surface area contributed by atoms with Crippen LogP contribution in [0, 0.1) is 11.7 Å². The molecule has 1 N–H and O–H groups in total. The van der Waals surface area contributed by atoms with Crippen LogP contribution < -0.4 is 10.1 Å². The third kappa shape index (κ3) is 4.60. The van der Waals surface area contributed by atoms with Crippen molar-refractivity contribution in [1.29, 1.82) is 0 Å². The summed E-state index contributed by atoms with van der Waals surface area (Å²) in [5, 5.41) is 3.15. The molecular formula is C18H27FN2O2. The maximum absolute atomic E-state index is 13.8. The van der Waals surface area contributed by atoms with Crippen LogP contribution >= 0.6 is 0 Å². The van der Waals surface area contributed by atoms with Crippen LogP contribution in [0.4, 0.5) is 9.18 Å². The fraction of sp³-hybridized carbons (Fsp3) is 0.611. The number of urea groups is 1. The van der Waals surface area contributed by atoms with Crippen LogP contribution in [-0.2, 0) is 6.54 Å². The van der Waals surface area contributed by atoms with E-state index < -0.39 is 5.82 Å². The molecule has 0 unspecified atom stereocenters. The lowest BCUT2D eigenvalue weighted by Gasteiger charge is -2.32. The van der Waals surface area contributed by atoms with Gasteiger partial charge in [0.2, 0.25) is 0 Å². The van der Waals surface area contributed by atoms with Crippen molar-refractivity contribution in [2.24, 2.45) is 5.92 Å². The van der Waals surface area contributed by atoms with E-state index in [9.17, 15) is 9.18 Å². The highest BCUT2D eigenvalue weighted by atomic mass is 19.1. The molecule has 1 aromatic carbocycles. The second-order valence-corrected chi connectivity index (χ2v) is 6.30. The molecule has 2 amide bonds. The number of halogens is 1. The van der Waals surface area contributed by atoms with Crippen molar-refractivity contribution in [3.05, 3.63) is 29.6 Å². The van der Waals surface area contributed by atoms with Crippen molar-refractivity contribution in [2.45, 2.75) is 52.1 Å². The van der Waals surface area contributed by atoms with Gasteiger partial charge in [-0.2, -0.15) is 0 Å². The summed E-state index contributed by atoms with van der Waals surface area (Å²) in [5.41, 5.74) is 0.761. The summed E-state index contributed by atoms with van der Waals surface area (Å²) in [5.74, 6) is 0.337. The first kappa shape index (κ1) is 17.6. The molecule has 1 aromatic rings. The van der Waals surface area contributed by atoms with Crippen molar-refractivity contribution < 1.29 is 13.9 Å². The third-order valence-electron chi connectivity index (χ3n) is 4.68. The second-order valence-electron chi connectivity index (χ2n) is 6.30. The van der Waals surface area contributed by atoms with Crippen molar-refractivity contribution >= 4 is 6.03 Å². The summed E-state index contributed by atoms with van der Waals surface area (Å²) in [6, 6.07) is 5.00. The van der Waals surface area contributed by atoms with Crippen LogP contribution in [-0.4, -0.2) is 30.6 Å². The zero-order valence-corrected chi connectivity index (χ0v) is 14.3. The Morgan fingerprint density at radius 3 is 2.74 bits per heavy atom. The summed E-state index contributed by atoms with van der Waals surface area (Å²) < 4.78 is 18.7. The van der Waals surface area contributed by atoms with Gasteiger partial charge in [-0.05, 0) is 43.4 Å². The number of rotatable bonds is 5. The predicted molar refractivity (Wildman–Crippen MR) is 89.0 cm³/mol. The molecule has 1 aliphatic carbocycles. The van der Waals surface area contributed by atoms with Crippen LogP contribution in [0.5, 0.6) is 5.75 Å². The van der Waals surface area contributed by atoms with E-state index in [4.69, 9.17) is 4.74 Å². The molecule has 1 aliphatic rings. The monoisotopic (exact) mass is 322 g/mol. The summed E-state index contributed by atoms with van der Waals surface area (Å²) in [6.07, 6.45) is 4.63. The highest BCUT2D eigenvalue weighted by molar-refractivity contribution is 5.74. The molecule has 0 bridgehead atoms. The van der Waals surface area contributed by atoms with Crippen molar-refractivity contribution in [2.75, 3.05) is 13.7 Å². The van der Waals surface area contributed by atoms with Gasteiger partial charge in [0.15, 0.2) is 11.6 Å². The van der Waals surface area contributed by atoms with Crippen LogP contribution in [0.2, 0.25) is 0 Å². The number of carbonyl (C=O) groups excluding carboxylic acids is 1. The van der Waals surface area contributed by atoms with Crippen LogP contribution in [0.15, 0.2) is 18.2 Å². The summed E-state index contributed by atoms with van der Waals surface area (Å²) in [6.45, 7) is 5.11. The van der Waals surface area contributed by atoms with Gasteiger partial charge in [0.05, 0.1) is 7.11 Å². The second kappa shape index (κ2) is 8.18. The number of nitrogens with one attached hydrogen (secondary N) is 1. The molecule has 0 saturated heterocycles. The van der Waals surface area contributed by atoms with Crippen LogP contribution in [0.3, 0.4) is 0 Å². The Balaban J connectivity index is 1.98. The number of hydrogen-bond donors (Lipinski definition) is 1. The lowest BCUT2D eigenvalue weighted by molar-refractivity contribution is 0.182. The maximum Gasteiger partial charge on any atom is 0.317 e. The minimum atomic E-state index is -0.401. The van der Waals surface area contributed by atoms with E-state index in [0.29, 0.717) is 19.0 Å². The SMILES string of the molecule is CCN(Cc1ccc(OC)c(F)c1)C(=O)N[C@@H]1CCCC[C@H]1C. The molecule has 128 valence electrons. The first-order valence-corrected chi connectivity index (χ1v) is 8.43. The Morgan fingerprint density at radius 2 is 2.13 bits per heavy atom. The van der Waals surface area contributed by atoms with Gasteiger partial charge in [-0.15, -0.1) is 0 Å². The molecule has 1 saturated carbocycles. The van der Waals surface area contributed by atoms with Crippen LogP contribution in [0.1, 0.15) is 45.1 Å². The van der Waals surface area contributed by atoms with Crippen molar-refractivity contribution in [1.82, 2.24) is 10.2 Å². The molecule has 0 aromatic heterocycles. The van der Waals surface area contributed by atoms with Crippen molar-refractivity contribution in [3.63, 3.8) is 0 Å². The average molecular weight is 322 g/mol.